The molecule has 0 atom stereocenters. The molecule has 0 spiro atoms. The van der Waals surface area contributed by atoms with Crippen LogP contribution < -0.4 is 13.8 Å². The third-order valence-corrected chi connectivity index (χ3v) is 5.06. The van der Waals surface area contributed by atoms with Gasteiger partial charge in [-0.2, -0.15) is 8.42 Å². The molecule has 132 valence electrons. The molecule has 1 aliphatic rings. The SMILES string of the molecule is CCCc1ccc(N2C=C(O)NS2(=O)=O)c(OCc2ccccc2)c1. The standard InChI is InChI=1S/C18H20N2O4S/c1-2-6-14-9-10-16(20-12-18(21)19-25(20,22)23)17(11-14)24-13-15-7-4-3-5-8-15/h3-5,7-12,19,21H,2,6,13H2,1H3. The molecule has 2 N–H and O–H groups in total. The maximum atomic E-state index is 12.2. The number of nitrogens with one attached hydrogen (secondary N) is 1. The van der Waals surface area contributed by atoms with Crippen molar-refractivity contribution in [2.75, 3.05) is 4.31 Å². The second-order valence-electron chi connectivity index (χ2n) is 5.74. The molecule has 25 heavy (non-hydrogen) atoms. The fourth-order valence-electron chi connectivity index (χ4n) is 2.62. The van der Waals surface area contributed by atoms with Crippen LogP contribution in [0.15, 0.2) is 60.6 Å². The predicted molar refractivity (Wildman–Crippen MR) is 96.5 cm³/mol. The number of aryl methyl sites for hydroxylation is 1. The van der Waals surface area contributed by atoms with Crippen molar-refractivity contribution in [2.45, 2.75) is 26.4 Å². The van der Waals surface area contributed by atoms with Gasteiger partial charge in [-0.25, -0.2) is 9.03 Å². The maximum Gasteiger partial charge on any atom is 0.330 e. The zero-order valence-electron chi connectivity index (χ0n) is 13.8. The van der Waals surface area contributed by atoms with Crippen LogP contribution in [0.4, 0.5) is 5.69 Å². The van der Waals surface area contributed by atoms with Crippen LogP contribution in [0.5, 0.6) is 5.75 Å². The van der Waals surface area contributed by atoms with Gasteiger partial charge in [0, 0.05) is 0 Å². The Kier molecular flexibility index (Phi) is 4.85. The van der Waals surface area contributed by atoms with Crippen molar-refractivity contribution < 1.29 is 18.3 Å². The summed E-state index contributed by atoms with van der Waals surface area (Å²) in [5.74, 6) is 0.0257. The summed E-state index contributed by atoms with van der Waals surface area (Å²) in [6.07, 6.45) is 2.97. The second kappa shape index (κ2) is 7.06. The van der Waals surface area contributed by atoms with E-state index < -0.39 is 16.1 Å². The fourth-order valence-corrected chi connectivity index (χ4v) is 3.69. The van der Waals surface area contributed by atoms with Gasteiger partial charge in [-0.05, 0) is 29.7 Å². The molecular weight excluding hydrogens is 340 g/mol. The van der Waals surface area contributed by atoms with Gasteiger partial charge in [0.05, 0.1) is 6.20 Å². The number of rotatable bonds is 6. The van der Waals surface area contributed by atoms with E-state index in [1.807, 2.05) is 47.2 Å². The summed E-state index contributed by atoms with van der Waals surface area (Å²) in [6, 6.07) is 15.1. The smallest absolute Gasteiger partial charge is 0.330 e. The number of anilines is 1. The molecule has 0 fully saturated rings. The topological polar surface area (TPSA) is 78.9 Å². The predicted octanol–water partition coefficient (Wildman–Crippen LogP) is 3.23. The molecule has 0 saturated carbocycles. The quantitative estimate of drug-likeness (QED) is 0.829. The van der Waals surface area contributed by atoms with Gasteiger partial charge in [0.15, 0.2) is 0 Å². The third kappa shape index (κ3) is 3.88. The van der Waals surface area contributed by atoms with Gasteiger partial charge in [-0.15, -0.1) is 0 Å². The molecule has 0 unspecified atom stereocenters. The first-order chi connectivity index (χ1) is 12.0. The van der Waals surface area contributed by atoms with Crippen LogP contribution in [0.25, 0.3) is 0 Å². The summed E-state index contributed by atoms with van der Waals surface area (Å²) >= 11 is 0. The van der Waals surface area contributed by atoms with Gasteiger partial charge in [0.1, 0.15) is 18.0 Å². The summed E-state index contributed by atoms with van der Waals surface area (Å²) in [4.78, 5) is 0. The molecular formula is C18H20N2O4S. The van der Waals surface area contributed by atoms with Gasteiger partial charge in [-0.3, -0.25) is 0 Å². The molecule has 1 aliphatic heterocycles. The Morgan fingerprint density at radius 2 is 1.88 bits per heavy atom. The Hall–Kier alpha value is -2.67. The van der Waals surface area contributed by atoms with Gasteiger partial charge in [0.25, 0.3) is 0 Å². The minimum Gasteiger partial charge on any atom is -0.493 e. The average Bonchev–Trinajstić information content (AvgIpc) is 2.86. The van der Waals surface area contributed by atoms with E-state index in [1.165, 1.54) is 0 Å². The Morgan fingerprint density at radius 3 is 2.52 bits per heavy atom. The monoisotopic (exact) mass is 360 g/mol. The number of hydrogen-bond acceptors (Lipinski definition) is 4. The van der Waals surface area contributed by atoms with E-state index in [-0.39, 0.29) is 0 Å². The van der Waals surface area contributed by atoms with Crippen LogP contribution in [0.3, 0.4) is 0 Å². The molecule has 1 heterocycles. The maximum absolute atomic E-state index is 12.2. The lowest BCUT2D eigenvalue weighted by atomic mass is 10.1. The average molecular weight is 360 g/mol. The molecule has 0 radical (unpaired) electrons. The summed E-state index contributed by atoms with van der Waals surface area (Å²) in [5.41, 5.74) is 2.40. The minimum atomic E-state index is -3.86. The largest absolute Gasteiger partial charge is 0.493 e. The zero-order chi connectivity index (χ0) is 17.9. The molecule has 2 aromatic carbocycles. The van der Waals surface area contributed by atoms with E-state index in [4.69, 9.17) is 4.74 Å². The summed E-state index contributed by atoms with van der Waals surface area (Å²) in [5, 5.41) is 9.52. The van der Waals surface area contributed by atoms with Crippen LogP contribution in [-0.4, -0.2) is 13.5 Å². The van der Waals surface area contributed by atoms with E-state index >= 15 is 0 Å². The van der Waals surface area contributed by atoms with E-state index in [9.17, 15) is 13.5 Å². The molecule has 0 saturated heterocycles. The number of hydrogen-bond donors (Lipinski definition) is 2. The third-order valence-electron chi connectivity index (χ3n) is 3.77. The van der Waals surface area contributed by atoms with Crippen molar-refractivity contribution in [3.8, 4) is 5.75 Å². The van der Waals surface area contributed by atoms with Gasteiger partial charge < -0.3 is 9.84 Å². The van der Waals surface area contributed by atoms with Crippen molar-refractivity contribution in [1.82, 2.24) is 4.72 Å². The fraction of sp³-hybridized carbons (Fsp3) is 0.222. The van der Waals surface area contributed by atoms with Crippen LogP contribution in [0.1, 0.15) is 24.5 Å². The van der Waals surface area contributed by atoms with Crippen LogP contribution in [-0.2, 0) is 23.2 Å². The van der Waals surface area contributed by atoms with E-state index in [0.717, 1.165) is 34.5 Å². The van der Waals surface area contributed by atoms with E-state index in [0.29, 0.717) is 18.0 Å². The highest BCUT2D eigenvalue weighted by molar-refractivity contribution is 7.91. The van der Waals surface area contributed by atoms with Gasteiger partial charge in [-0.1, -0.05) is 49.7 Å². The highest BCUT2D eigenvalue weighted by Crippen LogP contribution is 2.34. The molecule has 0 aliphatic carbocycles. The minimum absolute atomic E-state index is 0.320. The van der Waals surface area contributed by atoms with Gasteiger partial charge >= 0.3 is 10.2 Å². The zero-order valence-corrected chi connectivity index (χ0v) is 14.7. The molecule has 0 bridgehead atoms. The first-order valence-electron chi connectivity index (χ1n) is 8.02. The Labute approximate surface area is 147 Å². The first kappa shape index (κ1) is 17.2. The van der Waals surface area contributed by atoms with Crippen LogP contribution in [0, 0.1) is 0 Å². The van der Waals surface area contributed by atoms with Crippen molar-refractivity contribution in [3.63, 3.8) is 0 Å². The number of aliphatic hydroxyl groups excluding tert-OH is 1. The number of ether oxygens (including phenoxy) is 1. The lowest BCUT2D eigenvalue weighted by Gasteiger charge is -2.19. The molecule has 2 aromatic rings. The van der Waals surface area contributed by atoms with Gasteiger partial charge in [0.2, 0.25) is 5.88 Å². The number of aliphatic hydroxyl groups is 1. The van der Waals surface area contributed by atoms with Crippen molar-refractivity contribution in [2.24, 2.45) is 0 Å². The lowest BCUT2D eigenvalue weighted by Crippen LogP contribution is -2.29. The summed E-state index contributed by atoms with van der Waals surface area (Å²) < 4.78 is 33.2. The van der Waals surface area contributed by atoms with Crippen LogP contribution in [0.2, 0.25) is 0 Å². The van der Waals surface area contributed by atoms with Crippen molar-refractivity contribution >= 4 is 15.9 Å². The van der Waals surface area contributed by atoms with E-state index in [1.54, 1.807) is 6.07 Å². The molecule has 3 rings (SSSR count). The second-order valence-corrected chi connectivity index (χ2v) is 7.29. The summed E-state index contributed by atoms with van der Waals surface area (Å²) in [7, 11) is -3.86. The molecule has 7 heteroatoms. The highest BCUT2D eigenvalue weighted by atomic mass is 32.2. The normalized spacial score (nSPS) is 15.6. The number of benzene rings is 2. The Balaban J connectivity index is 1.94. The number of nitrogens with zero attached hydrogens (tertiary/aromatic N) is 1. The first-order valence-corrected chi connectivity index (χ1v) is 9.46. The van der Waals surface area contributed by atoms with Crippen molar-refractivity contribution in [1.29, 1.82) is 0 Å². The molecule has 6 nitrogen and oxygen atoms in total. The molecule has 0 aromatic heterocycles. The van der Waals surface area contributed by atoms with Crippen molar-refractivity contribution in [3.05, 3.63) is 71.7 Å². The molecule has 0 amide bonds. The lowest BCUT2D eigenvalue weighted by molar-refractivity contribution is 0.307. The summed E-state index contributed by atoms with van der Waals surface area (Å²) in [6.45, 7) is 2.40. The Morgan fingerprint density at radius 1 is 1.12 bits per heavy atom. The van der Waals surface area contributed by atoms with E-state index in [2.05, 4.69) is 6.92 Å². The Bertz CT molecular complexity index is 879. The van der Waals surface area contributed by atoms with Crippen LogP contribution >= 0.6 is 0 Å². The highest BCUT2D eigenvalue weighted by Gasteiger charge is 2.31.